The number of rotatable bonds is 6. The molecule has 0 aliphatic rings. The first-order valence-corrected chi connectivity index (χ1v) is 7.30. The van der Waals surface area contributed by atoms with Gasteiger partial charge in [-0.3, -0.25) is 10.1 Å². The largest absolute Gasteiger partial charge is 0.466 e. The fraction of sp³-hybridized carbons (Fsp3) is 0.312. The summed E-state index contributed by atoms with van der Waals surface area (Å²) in [6.07, 6.45) is 0.0448. The number of hydrogen-bond acceptors (Lipinski definition) is 5. The number of urea groups is 1. The summed E-state index contributed by atoms with van der Waals surface area (Å²) in [4.78, 5) is 23.8. The van der Waals surface area contributed by atoms with Gasteiger partial charge in [-0.25, -0.2) is 4.79 Å². The number of benzene rings is 1. The quantitative estimate of drug-likeness (QED) is 0.799. The first-order valence-electron chi connectivity index (χ1n) is 7.30. The summed E-state index contributed by atoms with van der Waals surface area (Å²) >= 11 is 0. The number of hydrogen-bond donors (Lipinski definition) is 2. The van der Waals surface area contributed by atoms with Crippen LogP contribution in [0, 0.1) is 6.92 Å². The molecule has 23 heavy (non-hydrogen) atoms. The number of esters is 1. The molecule has 1 aromatic carbocycles. The van der Waals surface area contributed by atoms with Crippen molar-refractivity contribution in [2.75, 3.05) is 11.9 Å². The Kier molecular flexibility index (Phi) is 5.74. The molecule has 7 heteroatoms. The first kappa shape index (κ1) is 16.5. The van der Waals surface area contributed by atoms with Gasteiger partial charge in [-0.05, 0) is 19.4 Å². The van der Waals surface area contributed by atoms with E-state index >= 15 is 0 Å². The molecule has 7 nitrogen and oxygen atoms in total. The van der Waals surface area contributed by atoms with Crippen molar-refractivity contribution in [2.24, 2.45) is 0 Å². The molecule has 1 heterocycles. The maximum Gasteiger partial charge on any atom is 0.320 e. The molecule has 0 aliphatic carbocycles. The van der Waals surface area contributed by atoms with E-state index in [2.05, 4.69) is 15.8 Å². The van der Waals surface area contributed by atoms with Crippen molar-refractivity contribution in [3.05, 3.63) is 47.7 Å². The molecule has 0 radical (unpaired) electrons. The van der Waals surface area contributed by atoms with E-state index in [4.69, 9.17) is 9.26 Å². The highest BCUT2D eigenvalue weighted by molar-refractivity contribution is 5.88. The van der Waals surface area contributed by atoms with Crippen molar-refractivity contribution in [1.82, 2.24) is 10.5 Å². The van der Waals surface area contributed by atoms with Crippen LogP contribution in [0.2, 0.25) is 0 Å². The fourth-order valence-corrected chi connectivity index (χ4v) is 2.06. The Morgan fingerprint density at radius 2 is 2.04 bits per heavy atom. The van der Waals surface area contributed by atoms with Crippen LogP contribution in [0.15, 0.2) is 40.9 Å². The minimum atomic E-state index is -0.497. The monoisotopic (exact) mass is 317 g/mol. The Bertz CT molecular complexity index is 654. The van der Waals surface area contributed by atoms with Crippen LogP contribution in [0.25, 0.3) is 0 Å². The molecule has 2 aromatic rings. The zero-order chi connectivity index (χ0) is 16.7. The van der Waals surface area contributed by atoms with Gasteiger partial charge in [-0.2, -0.15) is 0 Å². The third-order valence-corrected chi connectivity index (χ3v) is 3.05. The Hall–Kier alpha value is -2.83. The average molecular weight is 317 g/mol. The number of nitrogens with one attached hydrogen (secondary N) is 2. The van der Waals surface area contributed by atoms with Crippen LogP contribution in [0.4, 0.5) is 10.6 Å². The van der Waals surface area contributed by atoms with E-state index < -0.39 is 12.1 Å². The summed E-state index contributed by atoms with van der Waals surface area (Å²) in [5, 5.41) is 9.00. The number of nitrogens with zero attached hydrogens (tertiary/aromatic N) is 1. The molecule has 1 unspecified atom stereocenters. The second kappa shape index (κ2) is 7.98. The molecule has 2 rings (SSSR count). The predicted octanol–water partition coefficient (Wildman–Crippen LogP) is 2.80. The second-order valence-electron chi connectivity index (χ2n) is 4.89. The molecule has 0 saturated heterocycles. The lowest BCUT2D eigenvalue weighted by atomic mass is 10.0. The van der Waals surface area contributed by atoms with Gasteiger partial charge in [-0.1, -0.05) is 35.5 Å². The number of anilines is 1. The van der Waals surface area contributed by atoms with Gasteiger partial charge in [0.1, 0.15) is 5.76 Å². The number of carbonyl (C=O) groups is 2. The molecule has 0 spiro atoms. The van der Waals surface area contributed by atoms with Crippen molar-refractivity contribution in [2.45, 2.75) is 26.3 Å². The molecular weight excluding hydrogens is 298 g/mol. The van der Waals surface area contributed by atoms with Gasteiger partial charge < -0.3 is 14.6 Å². The Labute approximate surface area is 134 Å². The summed E-state index contributed by atoms with van der Waals surface area (Å²) in [6, 6.07) is 9.85. The number of aromatic nitrogens is 1. The van der Waals surface area contributed by atoms with E-state index in [-0.39, 0.29) is 12.4 Å². The third-order valence-electron chi connectivity index (χ3n) is 3.05. The number of amides is 2. The van der Waals surface area contributed by atoms with Crippen LogP contribution in [-0.2, 0) is 9.53 Å². The van der Waals surface area contributed by atoms with Gasteiger partial charge in [0, 0.05) is 6.07 Å². The minimum Gasteiger partial charge on any atom is -0.466 e. The minimum absolute atomic E-state index is 0.0448. The van der Waals surface area contributed by atoms with Gasteiger partial charge in [0.2, 0.25) is 0 Å². The van der Waals surface area contributed by atoms with Crippen molar-refractivity contribution in [1.29, 1.82) is 0 Å². The van der Waals surface area contributed by atoms with Crippen molar-refractivity contribution >= 4 is 17.8 Å². The van der Waals surface area contributed by atoms with Crippen LogP contribution >= 0.6 is 0 Å². The topological polar surface area (TPSA) is 93.5 Å². The number of aryl methyl sites for hydroxylation is 1. The highest BCUT2D eigenvalue weighted by atomic mass is 16.5. The van der Waals surface area contributed by atoms with Crippen LogP contribution in [0.3, 0.4) is 0 Å². The maximum atomic E-state index is 12.1. The normalized spacial score (nSPS) is 11.6. The van der Waals surface area contributed by atoms with Crippen molar-refractivity contribution in [3.63, 3.8) is 0 Å². The highest BCUT2D eigenvalue weighted by Gasteiger charge is 2.19. The second-order valence-corrected chi connectivity index (χ2v) is 4.89. The molecule has 2 N–H and O–H groups in total. The Morgan fingerprint density at radius 1 is 1.30 bits per heavy atom. The lowest BCUT2D eigenvalue weighted by molar-refractivity contribution is -0.143. The fourth-order valence-electron chi connectivity index (χ4n) is 2.06. The molecule has 2 amide bonds. The van der Waals surface area contributed by atoms with Crippen molar-refractivity contribution < 1.29 is 18.8 Å². The van der Waals surface area contributed by atoms with Gasteiger partial charge in [0.15, 0.2) is 5.82 Å². The Morgan fingerprint density at radius 3 is 2.65 bits per heavy atom. The van der Waals surface area contributed by atoms with E-state index in [0.717, 1.165) is 5.56 Å². The summed E-state index contributed by atoms with van der Waals surface area (Å²) in [6.45, 7) is 3.76. The van der Waals surface area contributed by atoms with E-state index in [1.165, 1.54) is 0 Å². The van der Waals surface area contributed by atoms with Gasteiger partial charge in [0.25, 0.3) is 0 Å². The maximum absolute atomic E-state index is 12.1. The van der Waals surface area contributed by atoms with Gasteiger partial charge in [0.05, 0.1) is 19.1 Å². The summed E-state index contributed by atoms with van der Waals surface area (Å²) in [5.74, 6) is 0.522. The van der Waals surface area contributed by atoms with E-state index in [1.54, 1.807) is 19.9 Å². The van der Waals surface area contributed by atoms with Crippen LogP contribution in [0.5, 0.6) is 0 Å². The number of carbonyl (C=O) groups excluding carboxylic acids is 2. The first-order chi connectivity index (χ1) is 11.1. The molecule has 0 fully saturated rings. The predicted molar refractivity (Wildman–Crippen MR) is 83.8 cm³/mol. The van der Waals surface area contributed by atoms with Gasteiger partial charge in [-0.15, -0.1) is 0 Å². The Balaban J connectivity index is 2.04. The van der Waals surface area contributed by atoms with Gasteiger partial charge >= 0.3 is 12.0 Å². The van der Waals surface area contributed by atoms with E-state index in [1.807, 2.05) is 30.3 Å². The molecule has 0 bridgehead atoms. The van der Waals surface area contributed by atoms with Crippen LogP contribution in [0.1, 0.15) is 30.7 Å². The molecule has 1 atom stereocenters. The molecular formula is C16H19N3O4. The van der Waals surface area contributed by atoms with E-state index in [9.17, 15) is 9.59 Å². The van der Waals surface area contributed by atoms with Crippen molar-refractivity contribution in [3.8, 4) is 0 Å². The molecule has 122 valence electrons. The third kappa shape index (κ3) is 5.14. The number of ether oxygens (including phenoxy) is 1. The van der Waals surface area contributed by atoms with E-state index in [0.29, 0.717) is 18.2 Å². The zero-order valence-electron chi connectivity index (χ0n) is 13.0. The van der Waals surface area contributed by atoms with Crippen LogP contribution in [-0.4, -0.2) is 23.8 Å². The molecule has 0 saturated carbocycles. The zero-order valence-corrected chi connectivity index (χ0v) is 13.0. The standard InChI is InChI=1S/C16H19N3O4/c1-3-22-15(20)10-13(12-7-5-4-6-8-12)17-16(21)18-14-9-11(2)23-19-14/h4-9,13H,3,10H2,1-2H3,(H2,17,18,19,21). The summed E-state index contributed by atoms with van der Waals surface area (Å²) < 4.78 is 9.84. The van der Waals surface area contributed by atoms with Crippen LogP contribution < -0.4 is 10.6 Å². The summed E-state index contributed by atoms with van der Waals surface area (Å²) in [5.41, 5.74) is 0.812. The highest BCUT2D eigenvalue weighted by Crippen LogP contribution is 2.17. The molecule has 0 aliphatic heterocycles. The SMILES string of the molecule is CCOC(=O)CC(NC(=O)Nc1cc(C)on1)c1ccccc1. The lowest BCUT2D eigenvalue weighted by Crippen LogP contribution is -2.34. The average Bonchev–Trinajstić information content (AvgIpc) is 2.92. The summed E-state index contributed by atoms with van der Waals surface area (Å²) in [7, 11) is 0. The molecule has 1 aromatic heterocycles. The smallest absolute Gasteiger partial charge is 0.320 e. The lowest BCUT2D eigenvalue weighted by Gasteiger charge is -2.18.